The minimum atomic E-state index is -0.903. The highest BCUT2D eigenvalue weighted by atomic mass is 16.4. The number of carboxylic acid groups (broad SMARTS) is 1. The first kappa shape index (κ1) is 16.4. The molecule has 0 aromatic rings. The van der Waals surface area contributed by atoms with Crippen LogP contribution in [0.15, 0.2) is 0 Å². The minimum Gasteiger partial charge on any atom is -0.480 e. The third-order valence-electron chi connectivity index (χ3n) is 2.42. The molecule has 0 saturated heterocycles. The summed E-state index contributed by atoms with van der Waals surface area (Å²) in [5, 5.41) is 28.0. The van der Waals surface area contributed by atoms with Crippen molar-refractivity contribution in [1.29, 1.82) is 0 Å². The SMILES string of the molecule is CC(C)CC(C(=O)O)N(CC(C)O)CC(C)O. The maximum Gasteiger partial charge on any atom is 0.320 e. The number of hydrogen-bond donors (Lipinski definition) is 3. The summed E-state index contributed by atoms with van der Waals surface area (Å²) in [4.78, 5) is 12.9. The molecule has 0 spiro atoms. The van der Waals surface area contributed by atoms with Gasteiger partial charge in [-0.25, -0.2) is 0 Å². The molecule has 3 N–H and O–H groups in total. The highest BCUT2D eigenvalue weighted by Gasteiger charge is 2.27. The lowest BCUT2D eigenvalue weighted by Gasteiger charge is -2.31. The van der Waals surface area contributed by atoms with Crippen molar-refractivity contribution < 1.29 is 20.1 Å². The van der Waals surface area contributed by atoms with Crippen molar-refractivity contribution in [2.75, 3.05) is 13.1 Å². The Balaban J connectivity index is 4.73. The van der Waals surface area contributed by atoms with E-state index in [4.69, 9.17) is 0 Å². The molecular weight excluding hydrogens is 222 g/mol. The van der Waals surface area contributed by atoms with Crippen LogP contribution in [0.2, 0.25) is 0 Å². The van der Waals surface area contributed by atoms with Gasteiger partial charge in [0.2, 0.25) is 0 Å². The van der Waals surface area contributed by atoms with Crippen LogP contribution in [0.4, 0.5) is 0 Å². The van der Waals surface area contributed by atoms with Gasteiger partial charge in [0.15, 0.2) is 0 Å². The van der Waals surface area contributed by atoms with E-state index in [0.717, 1.165) is 0 Å². The Morgan fingerprint density at radius 2 is 1.47 bits per heavy atom. The molecule has 0 amide bonds. The van der Waals surface area contributed by atoms with E-state index in [1.807, 2.05) is 13.8 Å². The van der Waals surface area contributed by atoms with E-state index in [0.29, 0.717) is 6.42 Å². The number of rotatable bonds is 8. The highest BCUT2D eigenvalue weighted by Crippen LogP contribution is 2.13. The molecule has 0 aliphatic heterocycles. The van der Waals surface area contributed by atoms with Gasteiger partial charge in [0, 0.05) is 13.1 Å². The van der Waals surface area contributed by atoms with Crippen molar-refractivity contribution in [3.8, 4) is 0 Å². The standard InChI is InChI=1S/C12H25NO4/c1-8(2)5-11(12(16)17)13(6-9(3)14)7-10(4)15/h8-11,14-15H,5-7H2,1-4H3,(H,16,17). The lowest BCUT2D eigenvalue weighted by molar-refractivity contribution is -0.145. The van der Waals surface area contributed by atoms with Gasteiger partial charge in [0.1, 0.15) is 6.04 Å². The zero-order chi connectivity index (χ0) is 13.6. The first-order valence-electron chi connectivity index (χ1n) is 6.07. The number of aliphatic hydroxyl groups excluding tert-OH is 2. The molecule has 3 unspecified atom stereocenters. The second-order valence-corrected chi connectivity index (χ2v) is 5.14. The van der Waals surface area contributed by atoms with Crippen LogP contribution < -0.4 is 0 Å². The molecule has 102 valence electrons. The van der Waals surface area contributed by atoms with Gasteiger partial charge in [-0.15, -0.1) is 0 Å². The second-order valence-electron chi connectivity index (χ2n) is 5.14. The van der Waals surface area contributed by atoms with Crippen molar-refractivity contribution in [3.63, 3.8) is 0 Å². The van der Waals surface area contributed by atoms with E-state index in [2.05, 4.69) is 0 Å². The first-order valence-corrected chi connectivity index (χ1v) is 6.07. The van der Waals surface area contributed by atoms with Gasteiger partial charge in [-0.05, 0) is 26.2 Å². The fraction of sp³-hybridized carbons (Fsp3) is 0.917. The van der Waals surface area contributed by atoms with E-state index in [9.17, 15) is 20.1 Å². The van der Waals surface area contributed by atoms with Crippen molar-refractivity contribution >= 4 is 5.97 Å². The topological polar surface area (TPSA) is 81.0 Å². The molecule has 0 aliphatic rings. The lowest BCUT2D eigenvalue weighted by Crippen LogP contribution is -2.48. The third kappa shape index (κ3) is 7.31. The number of hydrogen-bond acceptors (Lipinski definition) is 4. The van der Waals surface area contributed by atoms with Crippen molar-refractivity contribution in [1.82, 2.24) is 4.90 Å². The van der Waals surface area contributed by atoms with Gasteiger partial charge in [-0.2, -0.15) is 0 Å². The Hall–Kier alpha value is -0.650. The Morgan fingerprint density at radius 3 is 1.71 bits per heavy atom. The zero-order valence-corrected chi connectivity index (χ0v) is 11.1. The van der Waals surface area contributed by atoms with Crippen LogP contribution in [0.3, 0.4) is 0 Å². The molecule has 0 heterocycles. The summed E-state index contributed by atoms with van der Waals surface area (Å²) in [6.45, 7) is 7.66. The number of carbonyl (C=O) groups is 1. The van der Waals surface area contributed by atoms with Gasteiger partial charge in [-0.3, -0.25) is 9.69 Å². The molecule has 3 atom stereocenters. The summed E-state index contributed by atoms with van der Waals surface area (Å²) in [5.41, 5.74) is 0. The molecule has 0 rings (SSSR count). The molecule has 5 heteroatoms. The Labute approximate surface area is 103 Å². The molecule has 0 saturated carbocycles. The summed E-state index contributed by atoms with van der Waals surface area (Å²) < 4.78 is 0. The summed E-state index contributed by atoms with van der Waals surface area (Å²) in [7, 11) is 0. The third-order valence-corrected chi connectivity index (χ3v) is 2.42. The van der Waals surface area contributed by atoms with E-state index in [-0.39, 0.29) is 19.0 Å². The van der Waals surface area contributed by atoms with Crippen LogP contribution >= 0.6 is 0 Å². The van der Waals surface area contributed by atoms with Crippen molar-refractivity contribution in [2.24, 2.45) is 5.92 Å². The lowest BCUT2D eigenvalue weighted by atomic mass is 10.0. The summed E-state index contributed by atoms with van der Waals surface area (Å²) in [6, 6.07) is -0.654. The molecule has 0 bridgehead atoms. The number of nitrogens with zero attached hydrogens (tertiary/aromatic N) is 1. The predicted molar refractivity (Wildman–Crippen MR) is 65.8 cm³/mol. The maximum absolute atomic E-state index is 11.2. The smallest absolute Gasteiger partial charge is 0.320 e. The minimum absolute atomic E-state index is 0.251. The van der Waals surface area contributed by atoms with Gasteiger partial charge in [0.25, 0.3) is 0 Å². The largest absolute Gasteiger partial charge is 0.480 e. The van der Waals surface area contributed by atoms with E-state index in [1.54, 1.807) is 18.7 Å². The fourth-order valence-electron chi connectivity index (χ4n) is 1.86. The highest BCUT2D eigenvalue weighted by molar-refractivity contribution is 5.73. The molecule has 0 radical (unpaired) electrons. The molecule has 5 nitrogen and oxygen atoms in total. The van der Waals surface area contributed by atoms with Crippen LogP contribution in [0.5, 0.6) is 0 Å². The quantitative estimate of drug-likeness (QED) is 0.583. The van der Waals surface area contributed by atoms with Crippen LogP contribution in [0.1, 0.15) is 34.1 Å². The maximum atomic E-state index is 11.2. The van der Waals surface area contributed by atoms with Crippen LogP contribution in [0, 0.1) is 5.92 Å². The van der Waals surface area contributed by atoms with E-state index < -0.39 is 24.2 Å². The molecule has 0 aliphatic carbocycles. The van der Waals surface area contributed by atoms with Crippen LogP contribution in [-0.4, -0.2) is 57.5 Å². The van der Waals surface area contributed by atoms with Crippen LogP contribution in [0.25, 0.3) is 0 Å². The monoisotopic (exact) mass is 247 g/mol. The zero-order valence-electron chi connectivity index (χ0n) is 11.1. The van der Waals surface area contributed by atoms with Crippen LogP contribution in [-0.2, 0) is 4.79 Å². The number of aliphatic hydroxyl groups is 2. The fourth-order valence-corrected chi connectivity index (χ4v) is 1.86. The van der Waals surface area contributed by atoms with E-state index in [1.165, 1.54) is 0 Å². The Morgan fingerprint density at radius 1 is 1.06 bits per heavy atom. The normalized spacial score (nSPS) is 17.2. The molecule has 0 aromatic carbocycles. The molecule has 0 aromatic heterocycles. The van der Waals surface area contributed by atoms with Crippen molar-refractivity contribution in [3.05, 3.63) is 0 Å². The Bertz CT molecular complexity index is 219. The first-order chi connectivity index (χ1) is 7.73. The van der Waals surface area contributed by atoms with Gasteiger partial charge >= 0.3 is 5.97 Å². The number of carboxylic acids is 1. The second kappa shape index (κ2) is 7.63. The predicted octanol–water partition coefficient (Wildman–Crippen LogP) is 0.549. The van der Waals surface area contributed by atoms with Crippen molar-refractivity contribution in [2.45, 2.75) is 52.4 Å². The molecule has 17 heavy (non-hydrogen) atoms. The van der Waals surface area contributed by atoms with Gasteiger partial charge in [0.05, 0.1) is 12.2 Å². The molecular formula is C12H25NO4. The average Bonchev–Trinajstić information content (AvgIpc) is 2.10. The van der Waals surface area contributed by atoms with E-state index >= 15 is 0 Å². The number of aliphatic carboxylic acids is 1. The Kier molecular flexibility index (Phi) is 7.34. The summed E-state index contributed by atoms with van der Waals surface area (Å²) >= 11 is 0. The van der Waals surface area contributed by atoms with Gasteiger partial charge < -0.3 is 15.3 Å². The van der Waals surface area contributed by atoms with Gasteiger partial charge in [-0.1, -0.05) is 13.8 Å². The average molecular weight is 247 g/mol. The molecule has 0 fully saturated rings. The summed E-state index contributed by atoms with van der Waals surface area (Å²) in [6.07, 6.45) is -0.708. The summed E-state index contributed by atoms with van der Waals surface area (Å²) in [5.74, 6) is -0.651.